The van der Waals surface area contributed by atoms with Crippen LogP contribution in [0.25, 0.3) is 0 Å². The fourth-order valence-corrected chi connectivity index (χ4v) is 2.73. The highest BCUT2D eigenvalue weighted by Crippen LogP contribution is 2.18. The molecule has 0 saturated carbocycles. The van der Waals surface area contributed by atoms with Gasteiger partial charge in [-0.1, -0.05) is 30.3 Å². The zero-order valence-corrected chi connectivity index (χ0v) is 16.1. The van der Waals surface area contributed by atoms with Crippen LogP contribution >= 0.6 is 0 Å². The summed E-state index contributed by atoms with van der Waals surface area (Å²) in [6, 6.07) is 15.5. The number of benzene rings is 2. The minimum atomic E-state index is -0.498. The van der Waals surface area contributed by atoms with Gasteiger partial charge < -0.3 is 14.8 Å². The van der Waals surface area contributed by atoms with Crippen molar-refractivity contribution in [3.63, 3.8) is 0 Å². The smallest absolute Gasteiger partial charge is 0.307 e. The molecule has 0 aliphatic carbocycles. The molecule has 0 radical (unpaired) electrons. The maximum Gasteiger partial charge on any atom is 0.307 e. The predicted molar refractivity (Wildman–Crippen MR) is 105 cm³/mol. The van der Waals surface area contributed by atoms with E-state index >= 15 is 0 Å². The number of nitrogens with one attached hydrogen (secondary N) is 1. The summed E-state index contributed by atoms with van der Waals surface area (Å²) in [5, 5.41) is 2.82. The first-order valence-corrected chi connectivity index (χ1v) is 9.20. The molecule has 0 spiro atoms. The van der Waals surface area contributed by atoms with Crippen LogP contribution in [0.3, 0.4) is 0 Å². The predicted octanol–water partition coefficient (Wildman–Crippen LogP) is 3.47. The van der Waals surface area contributed by atoms with Crippen LogP contribution in [0.5, 0.6) is 5.75 Å². The third-order valence-electron chi connectivity index (χ3n) is 4.20. The minimum absolute atomic E-state index is 0.0269. The minimum Gasteiger partial charge on any atom is -0.494 e. The zero-order valence-electron chi connectivity index (χ0n) is 16.1. The molecule has 1 amide bonds. The molecule has 1 N–H and O–H groups in total. The number of Topliss-reactive ketones (excluding diaryl/α,β-unsaturated/α-hetero) is 1. The maximum atomic E-state index is 12.3. The molecule has 2 aromatic rings. The van der Waals surface area contributed by atoms with E-state index in [2.05, 4.69) is 5.32 Å². The lowest BCUT2D eigenvalue weighted by molar-refractivity contribution is -0.141. The summed E-state index contributed by atoms with van der Waals surface area (Å²) in [5.41, 5.74) is 1.34. The van der Waals surface area contributed by atoms with Gasteiger partial charge in [-0.05, 0) is 36.8 Å². The number of hydrogen-bond acceptors (Lipinski definition) is 5. The molecule has 0 bridgehead atoms. The van der Waals surface area contributed by atoms with Crippen LogP contribution < -0.4 is 10.1 Å². The number of carbonyl (C=O) groups is 3. The van der Waals surface area contributed by atoms with Crippen molar-refractivity contribution in [3.05, 3.63) is 65.7 Å². The van der Waals surface area contributed by atoms with E-state index in [0.717, 1.165) is 5.56 Å². The number of esters is 1. The first-order chi connectivity index (χ1) is 13.5. The average Bonchev–Trinajstić information content (AvgIpc) is 2.72. The normalized spacial score (nSPS) is 11.4. The number of amides is 1. The van der Waals surface area contributed by atoms with Gasteiger partial charge in [-0.3, -0.25) is 14.4 Å². The van der Waals surface area contributed by atoms with Gasteiger partial charge in [0.15, 0.2) is 5.78 Å². The van der Waals surface area contributed by atoms with Gasteiger partial charge in [-0.2, -0.15) is 0 Å². The second-order valence-electron chi connectivity index (χ2n) is 6.19. The first-order valence-electron chi connectivity index (χ1n) is 9.20. The van der Waals surface area contributed by atoms with Crippen molar-refractivity contribution in [2.75, 3.05) is 13.7 Å². The summed E-state index contributed by atoms with van der Waals surface area (Å²) >= 11 is 0. The molecule has 0 fully saturated rings. The summed E-state index contributed by atoms with van der Waals surface area (Å²) in [5.74, 6) is -0.135. The molecule has 0 aliphatic heterocycles. The number of rotatable bonds is 10. The van der Waals surface area contributed by atoms with Crippen molar-refractivity contribution in [1.29, 1.82) is 0 Å². The van der Waals surface area contributed by atoms with Gasteiger partial charge >= 0.3 is 5.97 Å². The second-order valence-corrected chi connectivity index (χ2v) is 6.19. The highest BCUT2D eigenvalue weighted by atomic mass is 16.5. The molecule has 1 atom stereocenters. The number of hydrogen-bond donors (Lipinski definition) is 1. The Morgan fingerprint density at radius 1 is 0.964 bits per heavy atom. The molecule has 148 valence electrons. The van der Waals surface area contributed by atoms with E-state index < -0.39 is 12.0 Å². The number of carbonyl (C=O) groups excluding carboxylic acids is 3. The topological polar surface area (TPSA) is 81.7 Å². The molecule has 6 nitrogen and oxygen atoms in total. The highest BCUT2D eigenvalue weighted by Gasteiger charge is 2.19. The highest BCUT2D eigenvalue weighted by molar-refractivity contribution is 5.98. The fourth-order valence-electron chi connectivity index (χ4n) is 2.73. The zero-order chi connectivity index (χ0) is 20.4. The first kappa shape index (κ1) is 21.2. The summed E-state index contributed by atoms with van der Waals surface area (Å²) in [6.07, 6.45) is 0.148. The molecule has 2 rings (SSSR count). The number of ether oxygens (including phenoxy) is 2. The maximum absolute atomic E-state index is 12.3. The Labute approximate surface area is 164 Å². The molecule has 28 heavy (non-hydrogen) atoms. The molecule has 6 heteroatoms. The molecule has 0 heterocycles. The Morgan fingerprint density at radius 2 is 1.64 bits per heavy atom. The SMILES string of the molecule is CCOc1ccc(C(=O)CCC(=O)N[C@H](CC(=O)OC)c2ccccc2)cc1. The standard InChI is InChI=1S/C22H25NO5/c1-3-28-18-11-9-17(10-12-18)20(24)13-14-21(25)23-19(15-22(26)27-2)16-7-5-4-6-8-16/h4-12,19H,3,13-15H2,1-2H3,(H,23,25)/t19-/m1/s1. The van der Waals surface area contributed by atoms with Crippen molar-refractivity contribution < 1.29 is 23.9 Å². The van der Waals surface area contributed by atoms with Crippen molar-refractivity contribution in [2.45, 2.75) is 32.2 Å². The van der Waals surface area contributed by atoms with Gasteiger partial charge in [0.05, 0.1) is 26.2 Å². The molecular weight excluding hydrogens is 358 g/mol. The third-order valence-corrected chi connectivity index (χ3v) is 4.20. The van der Waals surface area contributed by atoms with Crippen LogP contribution in [0.15, 0.2) is 54.6 Å². The van der Waals surface area contributed by atoms with Gasteiger partial charge in [0.2, 0.25) is 5.91 Å². The van der Waals surface area contributed by atoms with Gasteiger partial charge in [0, 0.05) is 18.4 Å². The average molecular weight is 383 g/mol. The van der Waals surface area contributed by atoms with E-state index in [1.807, 2.05) is 37.3 Å². The number of methoxy groups -OCH3 is 1. The lowest BCUT2D eigenvalue weighted by atomic mass is 10.0. The lowest BCUT2D eigenvalue weighted by Crippen LogP contribution is -2.30. The van der Waals surface area contributed by atoms with Crippen LogP contribution in [-0.2, 0) is 14.3 Å². The van der Waals surface area contributed by atoms with Crippen molar-refractivity contribution in [1.82, 2.24) is 5.32 Å². The van der Waals surface area contributed by atoms with Crippen molar-refractivity contribution in [3.8, 4) is 5.75 Å². The largest absolute Gasteiger partial charge is 0.494 e. The van der Waals surface area contributed by atoms with Gasteiger partial charge in [-0.25, -0.2) is 0 Å². The fraction of sp³-hybridized carbons (Fsp3) is 0.318. The lowest BCUT2D eigenvalue weighted by Gasteiger charge is -2.18. The molecule has 2 aromatic carbocycles. The van der Waals surface area contributed by atoms with E-state index in [9.17, 15) is 14.4 Å². The molecule has 0 saturated heterocycles. The van der Waals surface area contributed by atoms with E-state index in [-0.39, 0.29) is 31.0 Å². The third kappa shape index (κ3) is 6.54. The van der Waals surface area contributed by atoms with Crippen LogP contribution in [0, 0.1) is 0 Å². The Hall–Kier alpha value is -3.15. The Bertz CT molecular complexity index is 786. The molecule has 0 aliphatic rings. The summed E-state index contributed by atoms with van der Waals surface area (Å²) in [6.45, 7) is 2.45. The van der Waals surface area contributed by atoms with Gasteiger partial charge in [0.25, 0.3) is 0 Å². The monoisotopic (exact) mass is 383 g/mol. The summed E-state index contributed by atoms with van der Waals surface area (Å²) in [7, 11) is 1.31. The van der Waals surface area contributed by atoms with Gasteiger partial charge in [-0.15, -0.1) is 0 Å². The Balaban J connectivity index is 1.92. The van der Waals surface area contributed by atoms with Crippen LogP contribution in [0.1, 0.15) is 48.1 Å². The molecular formula is C22H25NO5. The second kappa shape index (κ2) is 10.9. The van der Waals surface area contributed by atoms with E-state index in [0.29, 0.717) is 17.9 Å². The van der Waals surface area contributed by atoms with Crippen LogP contribution in [-0.4, -0.2) is 31.4 Å². The molecule has 0 aromatic heterocycles. The van der Waals surface area contributed by atoms with Crippen LogP contribution in [0.2, 0.25) is 0 Å². The van der Waals surface area contributed by atoms with E-state index in [1.165, 1.54) is 7.11 Å². The van der Waals surface area contributed by atoms with Gasteiger partial charge in [0.1, 0.15) is 5.75 Å². The summed E-state index contributed by atoms with van der Waals surface area (Å²) in [4.78, 5) is 36.3. The Morgan fingerprint density at radius 3 is 2.25 bits per heavy atom. The quantitative estimate of drug-likeness (QED) is 0.502. The van der Waals surface area contributed by atoms with E-state index in [1.54, 1.807) is 24.3 Å². The van der Waals surface area contributed by atoms with Crippen LogP contribution in [0.4, 0.5) is 0 Å². The molecule has 0 unspecified atom stereocenters. The summed E-state index contributed by atoms with van der Waals surface area (Å²) < 4.78 is 10.1. The number of ketones is 1. The Kier molecular flexibility index (Phi) is 8.21. The van der Waals surface area contributed by atoms with Crippen molar-refractivity contribution >= 4 is 17.7 Å². The van der Waals surface area contributed by atoms with E-state index in [4.69, 9.17) is 9.47 Å². The van der Waals surface area contributed by atoms with Crippen molar-refractivity contribution in [2.24, 2.45) is 0 Å².